The van der Waals surface area contributed by atoms with Crippen LogP contribution in [-0.4, -0.2) is 17.6 Å². The van der Waals surface area contributed by atoms with Crippen LogP contribution >= 0.6 is 0 Å². The fourth-order valence-corrected chi connectivity index (χ4v) is 3.01. The molecule has 4 nitrogen and oxygen atoms in total. The van der Waals surface area contributed by atoms with Crippen LogP contribution in [0.25, 0.3) is 11.3 Å². The van der Waals surface area contributed by atoms with Crippen molar-refractivity contribution in [2.75, 3.05) is 7.11 Å². The second-order valence-corrected chi connectivity index (χ2v) is 6.28. The Labute approximate surface area is 144 Å². The van der Waals surface area contributed by atoms with Gasteiger partial charge < -0.3 is 9.30 Å². The number of fused-ring (bicyclic) bond motifs is 1. The van der Waals surface area contributed by atoms with Gasteiger partial charge in [-0.3, -0.25) is 0 Å². The standard InChI is InChI=1S/C18H19N3O.C2H6/c1-18(2)10-17(22-4)20-15-7-5-12(9-14(15)18)16-8-6-13(11-19)21(16)3;1-2/h5-9H,10H2,1-4H3;1-2H3. The van der Waals surface area contributed by atoms with Gasteiger partial charge in [0.15, 0.2) is 5.90 Å². The van der Waals surface area contributed by atoms with Gasteiger partial charge in [-0.2, -0.15) is 5.26 Å². The summed E-state index contributed by atoms with van der Waals surface area (Å²) >= 11 is 0. The number of rotatable bonds is 1. The monoisotopic (exact) mass is 323 g/mol. The Hall–Kier alpha value is -2.54. The van der Waals surface area contributed by atoms with Gasteiger partial charge in [0.2, 0.25) is 0 Å². The van der Waals surface area contributed by atoms with Gasteiger partial charge in [0.25, 0.3) is 0 Å². The van der Waals surface area contributed by atoms with Crippen LogP contribution < -0.4 is 0 Å². The highest BCUT2D eigenvalue weighted by molar-refractivity contribution is 5.85. The summed E-state index contributed by atoms with van der Waals surface area (Å²) in [6, 6.07) is 12.3. The van der Waals surface area contributed by atoms with Crippen LogP contribution in [-0.2, 0) is 17.2 Å². The predicted octanol–water partition coefficient (Wildman–Crippen LogP) is 4.95. The zero-order valence-corrected chi connectivity index (χ0v) is 15.3. The molecule has 0 bridgehead atoms. The fourth-order valence-electron chi connectivity index (χ4n) is 3.01. The van der Waals surface area contributed by atoms with Crippen molar-refractivity contribution < 1.29 is 4.74 Å². The molecule has 4 heteroatoms. The van der Waals surface area contributed by atoms with Gasteiger partial charge in [0.05, 0.1) is 12.8 Å². The maximum Gasteiger partial charge on any atom is 0.188 e. The molecular weight excluding hydrogens is 298 g/mol. The molecule has 0 fully saturated rings. The SMILES string of the molecule is CC.COC1=Nc2ccc(-c3ccc(C#N)n3C)cc2C(C)(C)C1. The minimum absolute atomic E-state index is 0.0261. The number of methoxy groups -OCH3 is 1. The molecule has 1 aromatic heterocycles. The summed E-state index contributed by atoms with van der Waals surface area (Å²) in [5.74, 6) is 0.774. The number of hydrogen-bond acceptors (Lipinski definition) is 3. The lowest BCUT2D eigenvalue weighted by atomic mass is 9.78. The predicted molar refractivity (Wildman–Crippen MR) is 98.7 cm³/mol. The van der Waals surface area contributed by atoms with Crippen molar-refractivity contribution in [3.8, 4) is 17.3 Å². The third-order valence-corrected chi connectivity index (χ3v) is 4.33. The largest absolute Gasteiger partial charge is 0.484 e. The van der Waals surface area contributed by atoms with Crippen molar-refractivity contribution in [3.05, 3.63) is 41.6 Å². The Bertz CT molecular complexity index is 807. The average Bonchev–Trinajstić information content (AvgIpc) is 2.96. The minimum atomic E-state index is -0.0261. The molecule has 0 N–H and O–H groups in total. The molecule has 0 amide bonds. The number of nitriles is 1. The number of nitrogens with zero attached hydrogens (tertiary/aromatic N) is 3. The smallest absolute Gasteiger partial charge is 0.188 e. The molecule has 1 aliphatic rings. The van der Waals surface area contributed by atoms with E-state index >= 15 is 0 Å². The van der Waals surface area contributed by atoms with E-state index in [2.05, 4.69) is 31.0 Å². The normalized spacial score (nSPS) is 14.6. The van der Waals surface area contributed by atoms with Gasteiger partial charge in [-0.1, -0.05) is 33.8 Å². The summed E-state index contributed by atoms with van der Waals surface area (Å²) in [4.78, 5) is 4.57. The second kappa shape index (κ2) is 6.92. The van der Waals surface area contributed by atoms with Crippen molar-refractivity contribution in [1.82, 2.24) is 4.57 Å². The molecular formula is C20H25N3O. The highest BCUT2D eigenvalue weighted by Crippen LogP contribution is 2.41. The third kappa shape index (κ3) is 3.07. The van der Waals surface area contributed by atoms with Gasteiger partial charge in [-0.25, -0.2) is 4.99 Å². The number of hydrogen-bond donors (Lipinski definition) is 0. The zero-order chi connectivity index (χ0) is 17.9. The molecule has 2 aromatic rings. The summed E-state index contributed by atoms with van der Waals surface area (Å²) in [7, 11) is 3.58. The van der Waals surface area contributed by atoms with Gasteiger partial charge in [-0.05, 0) is 35.4 Å². The van der Waals surface area contributed by atoms with Crippen LogP contribution in [0.3, 0.4) is 0 Å². The lowest BCUT2D eigenvalue weighted by Gasteiger charge is -2.31. The van der Waals surface area contributed by atoms with Crippen LogP contribution in [0.5, 0.6) is 0 Å². The highest BCUT2D eigenvalue weighted by atomic mass is 16.5. The van der Waals surface area contributed by atoms with Crippen LogP contribution in [0.4, 0.5) is 5.69 Å². The molecule has 126 valence electrons. The summed E-state index contributed by atoms with van der Waals surface area (Å²) in [6.07, 6.45) is 0.788. The van der Waals surface area contributed by atoms with E-state index in [0.29, 0.717) is 5.69 Å². The highest BCUT2D eigenvalue weighted by Gasteiger charge is 2.30. The van der Waals surface area contributed by atoms with Crippen LogP contribution in [0.1, 0.15) is 45.4 Å². The third-order valence-electron chi connectivity index (χ3n) is 4.33. The lowest BCUT2D eigenvalue weighted by molar-refractivity contribution is 0.365. The Morgan fingerprint density at radius 1 is 1.21 bits per heavy atom. The lowest BCUT2D eigenvalue weighted by Crippen LogP contribution is -2.26. The summed E-state index contributed by atoms with van der Waals surface area (Å²) in [6.45, 7) is 8.41. The summed E-state index contributed by atoms with van der Waals surface area (Å²) < 4.78 is 7.26. The molecule has 0 atom stereocenters. The molecule has 0 radical (unpaired) electrons. The van der Waals surface area contributed by atoms with E-state index in [0.717, 1.165) is 29.3 Å². The van der Waals surface area contributed by atoms with Gasteiger partial charge in [0.1, 0.15) is 11.8 Å². The molecule has 0 aliphatic carbocycles. The first kappa shape index (κ1) is 17.8. The van der Waals surface area contributed by atoms with Gasteiger partial charge >= 0.3 is 0 Å². The summed E-state index contributed by atoms with van der Waals surface area (Å²) in [5, 5.41) is 9.11. The van der Waals surface area contributed by atoms with E-state index in [9.17, 15) is 0 Å². The van der Waals surface area contributed by atoms with Crippen molar-refractivity contribution in [1.29, 1.82) is 5.26 Å². The Morgan fingerprint density at radius 2 is 1.92 bits per heavy atom. The quantitative estimate of drug-likeness (QED) is 0.745. The van der Waals surface area contributed by atoms with Crippen LogP contribution in [0.2, 0.25) is 0 Å². The first-order chi connectivity index (χ1) is 11.5. The minimum Gasteiger partial charge on any atom is -0.484 e. The molecule has 1 aromatic carbocycles. The maximum atomic E-state index is 9.11. The van der Waals surface area contributed by atoms with E-state index in [-0.39, 0.29) is 5.41 Å². The molecule has 0 saturated heterocycles. The van der Waals surface area contributed by atoms with Crippen molar-refractivity contribution in [3.63, 3.8) is 0 Å². The molecule has 0 unspecified atom stereocenters. The van der Waals surface area contributed by atoms with E-state index in [4.69, 9.17) is 10.00 Å². The van der Waals surface area contributed by atoms with Crippen molar-refractivity contribution in [2.24, 2.45) is 12.0 Å². The zero-order valence-electron chi connectivity index (χ0n) is 15.3. The van der Waals surface area contributed by atoms with Crippen LogP contribution in [0, 0.1) is 11.3 Å². The second-order valence-electron chi connectivity index (χ2n) is 6.28. The van der Waals surface area contributed by atoms with E-state index in [1.165, 1.54) is 5.56 Å². The molecule has 3 rings (SSSR count). The Morgan fingerprint density at radius 3 is 2.50 bits per heavy atom. The Kier molecular flexibility index (Phi) is 5.14. The maximum absolute atomic E-state index is 9.11. The first-order valence-electron chi connectivity index (χ1n) is 8.28. The van der Waals surface area contributed by atoms with Crippen LogP contribution in [0.15, 0.2) is 35.3 Å². The van der Waals surface area contributed by atoms with Crippen molar-refractivity contribution in [2.45, 2.75) is 39.5 Å². The van der Waals surface area contributed by atoms with E-state index < -0.39 is 0 Å². The summed E-state index contributed by atoms with van der Waals surface area (Å²) in [5.41, 5.74) is 4.95. The molecule has 24 heavy (non-hydrogen) atoms. The number of aromatic nitrogens is 1. The van der Waals surface area contributed by atoms with Gasteiger partial charge in [-0.15, -0.1) is 0 Å². The van der Waals surface area contributed by atoms with E-state index in [1.807, 2.05) is 49.7 Å². The average molecular weight is 323 g/mol. The Balaban J connectivity index is 0.00000100. The number of benzene rings is 1. The van der Waals surface area contributed by atoms with E-state index in [1.54, 1.807) is 7.11 Å². The fraction of sp³-hybridized carbons (Fsp3) is 0.400. The first-order valence-corrected chi connectivity index (χ1v) is 8.28. The van der Waals surface area contributed by atoms with Crippen molar-refractivity contribution >= 4 is 11.6 Å². The molecule has 0 spiro atoms. The molecule has 2 heterocycles. The topological polar surface area (TPSA) is 50.3 Å². The van der Waals surface area contributed by atoms with Gasteiger partial charge in [0, 0.05) is 24.6 Å². The number of aliphatic imine (C=N–C) groups is 1. The molecule has 0 saturated carbocycles. The molecule has 1 aliphatic heterocycles. The number of ether oxygens (including phenoxy) is 1.